The number of urea groups is 2. The molecule has 2 N–H and O–H groups in total. The number of benzene rings is 3. The minimum atomic E-state index is -1.02. The Morgan fingerprint density at radius 3 is 2.08 bits per heavy atom. The van der Waals surface area contributed by atoms with Gasteiger partial charge in [0, 0.05) is 24.0 Å². The molecule has 4 amide bonds. The Morgan fingerprint density at radius 1 is 0.972 bits per heavy atom. The van der Waals surface area contributed by atoms with E-state index in [9.17, 15) is 14.8 Å². The topological polar surface area (TPSA) is 94.6 Å². The highest BCUT2D eigenvalue weighted by molar-refractivity contribution is 5.98. The molecule has 0 spiro atoms. The number of anilines is 2. The highest BCUT2D eigenvalue weighted by atomic mass is 16.5. The summed E-state index contributed by atoms with van der Waals surface area (Å²) < 4.78 is 10.8. The van der Waals surface area contributed by atoms with Gasteiger partial charge in [-0.25, -0.2) is 9.59 Å². The van der Waals surface area contributed by atoms with E-state index in [0.717, 1.165) is 5.56 Å². The number of para-hydroxylation sites is 2. The number of amides is 4. The minimum absolute atomic E-state index is 0.202. The molecule has 1 fully saturated rings. The third-order valence-corrected chi connectivity index (χ3v) is 6.26. The number of methoxy groups -OCH3 is 2. The smallest absolute Gasteiger partial charge is 0.347 e. The highest BCUT2D eigenvalue weighted by Gasteiger charge is 2.56. The molecule has 4 rings (SSSR count). The number of hydroxylamine groups is 2. The summed E-state index contributed by atoms with van der Waals surface area (Å²) in [6.07, 6.45) is -1.02. The quantitative estimate of drug-likeness (QED) is 0.352. The summed E-state index contributed by atoms with van der Waals surface area (Å²) in [6, 6.07) is 22.1. The molecule has 0 aliphatic carbocycles. The van der Waals surface area contributed by atoms with Gasteiger partial charge in [-0.15, -0.1) is 0 Å². The first kappa shape index (κ1) is 24.9. The number of carbonyl (C=O) groups is 2. The number of hydrogen-bond acceptors (Lipinski definition) is 5. The summed E-state index contributed by atoms with van der Waals surface area (Å²) in [5, 5.41) is 14.4. The summed E-state index contributed by atoms with van der Waals surface area (Å²) in [7, 11) is 3.12. The lowest BCUT2D eigenvalue weighted by molar-refractivity contribution is -0.0954. The van der Waals surface area contributed by atoms with Crippen LogP contribution in [0.2, 0.25) is 0 Å². The van der Waals surface area contributed by atoms with Gasteiger partial charge < -0.3 is 19.7 Å². The van der Waals surface area contributed by atoms with Crippen molar-refractivity contribution in [2.45, 2.75) is 32.1 Å². The lowest BCUT2D eigenvalue weighted by Gasteiger charge is -2.38. The molecule has 0 radical (unpaired) electrons. The Morgan fingerprint density at radius 2 is 1.53 bits per heavy atom. The van der Waals surface area contributed by atoms with Crippen molar-refractivity contribution in [2.24, 2.45) is 0 Å². The SMILES string of the molecule is COc1cc(CN2C(=O)N(c3ccccc3)C(N(O)C(=O)Nc3ccccc3)C2(C)C)cc(OC)c1. The predicted molar refractivity (Wildman–Crippen MR) is 136 cm³/mol. The van der Waals surface area contributed by atoms with Gasteiger partial charge in [-0.1, -0.05) is 36.4 Å². The molecule has 0 bridgehead atoms. The van der Waals surface area contributed by atoms with E-state index in [1.807, 2.05) is 38.1 Å². The summed E-state index contributed by atoms with van der Waals surface area (Å²) in [5.41, 5.74) is 0.860. The van der Waals surface area contributed by atoms with Gasteiger partial charge in [0.15, 0.2) is 6.17 Å². The van der Waals surface area contributed by atoms with Crippen LogP contribution in [0.5, 0.6) is 11.5 Å². The summed E-state index contributed by atoms with van der Waals surface area (Å²) >= 11 is 0. The summed E-state index contributed by atoms with van der Waals surface area (Å²) in [4.78, 5) is 30.0. The van der Waals surface area contributed by atoms with Gasteiger partial charge in [0.25, 0.3) is 0 Å². The van der Waals surface area contributed by atoms with Gasteiger partial charge in [-0.05, 0) is 55.8 Å². The molecule has 1 atom stereocenters. The maximum atomic E-state index is 13.9. The van der Waals surface area contributed by atoms with Gasteiger partial charge in [-0.3, -0.25) is 10.1 Å². The van der Waals surface area contributed by atoms with E-state index in [1.165, 1.54) is 4.90 Å². The van der Waals surface area contributed by atoms with E-state index < -0.39 is 17.7 Å². The zero-order valence-corrected chi connectivity index (χ0v) is 20.7. The van der Waals surface area contributed by atoms with Gasteiger partial charge >= 0.3 is 12.1 Å². The normalized spacial score (nSPS) is 16.6. The maximum absolute atomic E-state index is 13.9. The van der Waals surface area contributed by atoms with E-state index in [0.29, 0.717) is 27.9 Å². The van der Waals surface area contributed by atoms with Gasteiger partial charge in [0.1, 0.15) is 11.5 Å². The lowest BCUT2D eigenvalue weighted by atomic mass is 9.99. The first-order valence-corrected chi connectivity index (χ1v) is 11.5. The second-order valence-electron chi connectivity index (χ2n) is 8.96. The van der Waals surface area contributed by atoms with E-state index in [4.69, 9.17) is 9.47 Å². The van der Waals surface area contributed by atoms with Crippen LogP contribution in [0.4, 0.5) is 21.0 Å². The van der Waals surface area contributed by atoms with Gasteiger partial charge in [0.05, 0.1) is 19.8 Å². The van der Waals surface area contributed by atoms with Crippen molar-refractivity contribution in [3.63, 3.8) is 0 Å². The molecule has 1 aliphatic heterocycles. The van der Waals surface area contributed by atoms with E-state index in [2.05, 4.69) is 5.32 Å². The van der Waals surface area contributed by atoms with Crippen molar-refractivity contribution in [2.75, 3.05) is 24.4 Å². The molecule has 1 aliphatic rings. The second kappa shape index (κ2) is 10.2. The van der Waals surface area contributed by atoms with Crippen molar-refractivity contribution in [1.29, 1.82) is 0 Å². The Hall–Kier alpha value is -4.24. The number of rotatable bonds is 7. The summed E-state index contributed by atoms with van der Waals surface area (Å²) in [6.45, 7) is 3.83. The first-order chi connectivity index (χ1) is 17.3. The number of nitrogens with one attached hydrogen (secondary N) is 1. The standard InChI is InChI=1S/C27H30N4O5/c1-27(2)24(31(34)25(32)28-20-11-7-5-8-12-20)30(21-13-9-6-10-14-21)26(33)29(27)18-19-15-22(35-3)17-23(16-19)36-4/h5-17,24,34H,18H2,1-4H3,(H,28,32). The van der Waals surface area contributed by atoms with Gasteiger partial charge in [0.2, 0.25) is 0 Å². The van der Waals surface area contributed by atoms with Crippen molar-refractivity contribution >= 4 is 23.4 Å². The molecule has 1 saturated heterocycles. The molecule has 188 valence electrons. The van der Waals surface area contributed by atoms with Crippen molar-refractivity contribution in [1.82, 2.24) is 9.96 Å². The molecule has 3 aromatic carbocycles. The molecule has 1 unspecified atom stereocenters. The lowest BCUT2D eigenvalue weighted by Crippen LogP contribution is -2.58. The van der Waals surface area contributed by atoms with Crippen LogP contribution in [-0.2, 0) is 6.54 Å². The van der Waals surface area contributed by atoms with Crippen LogP contribution in [0.3, 0.4) is 0 Å². The average Bonchev–Trinajstić information content (AvgIpc) is 3.09. The van der Waals surface area contributed by atoms with Crippen LogP contribution >= 0.6 is 0 Å². The fourth-order valence-electron chi connectivity index (χ4n) is 4.41. The van der Waals surface area contributed by atoms with Crippen molar-refractivity contribution < 1.29 is 24.3 Å². The number of ether oxygens (including phenoxy) is 2. The fraction of sp³-hybridized carbons (Fsp3) is 0.259. The van der Waals surface area contributed by atoms with Crippen LogP contribution in [0.15, 0.2) is 78.9 Å². The third-order valence-electron chi connectivity index (χ3n) is 6.26. The second-order valence-corrected chi connectivity index (χ2v) is 8.96. The molecule has 9 nitrogen and oxygen atoms in total. The molecule has 1 heterocycles. The predicted octanol–water partition coefficient (Wildman–Crippen LogP) is 5.17. The highest BCUT2D eigenvalue weighted by Crippen LogP contribution is 2.39. The zero-order valence-electron chi connectivity index (χ0n) is 20.7. The Bertz CT molecular complexity index is 1200. The molecule has 0 saturated carbocycles. The van der Waals surface area contributed by atoms with Crippen molar-refractivity contribution in [3.05, 3.63) is 84.4 Å². The van der Waals surface area contributed by atoms with Crippen molar-refractivity contribution in [3.8, 4) is 11.5 Å². The van der Waals surface area contributed by atoms with Crippen LogP contribution < -0.4 is 19.7 Å². The molecular formula is C27H30N4O5. The minimum Gasteiger partial charge on any atom is -0.497 e. The maximum Gasteiger partial charge on any atom is 0.347 e. The molecular weight excluding hydrogens is 460 g/mol. The Labute approximate surface area is 210 Å². The fourth-order valence-corrected chi connectivity index (χ4v) is 4.41. The molecule has 0 aromatic heterocycles. The van der Waals surface area contributed by atoms with Gasteiger partial charge in [-0.2, -0.15) is 5.06 Å². The van der Waals surface area contributed by atoms with Crippen LogP contribution in [-0.4, -0.2) is 53.2 Å². The number of nitrogens with zero attached hydrogens (tertiary/aromatic N) is 3. The summed E-state index contributed by atoms with van der Waals surface area (Å²) in [5.74, 6) is 1.19. The van der Waals surface area contributed by atoms with Crippen LogP contribution in [0.25, 0.3) is 0 Å². The zero-order chi connectivity index (χ0) is 25.9. The van der Waals surface area contributed by atoms with E-state index >= 15 is 0 Å². The van der Waals surface area contributed by atoms with Crippen LogP contribution in [0, 0.1) is 0 Å². The van der Waals surface area contributed by atoms with E-state index in [1.54, 1.807) is 73.7 Å². The largest absolute Gasteiger partial charge is 0.497 e. The molecule has 36 heavy (non-hydrogen) atoms. The Balaban J connectivity index is 1.71. The number of hydrogen-bond donors (Lipinski definition) is 2. The van der Waals surface area contributed by atoms with Crippen LogP contribution in [0.1, 0.15) is 19.4 Å². The number of carbonyl (C=O) groups excluding carboxylic acids is 2. The molecule has 3 aromatic rings. The Kier molecular flexibility index (Phi) is 7.03. The average molecular weight is 491 g/mol. The molecule has 9 heteroatoms. The monoisotopic (exact) mass is 490 g/mol. The van der Waals surface area contributed by atoms with E-state index in [-0.39, 0.29) is 12.6 Å². The third kappa shape index (κ3) is 4.78. The first-order valence-electron chi connectivity index (χ1n) is 11.5.